The van der Waals surface area contributed by atoms with Crippen LogP contribution in [0.25, 0.3) is 0 Å². The topological polar surface area (TPSA) is 95.9 Å². The summed E-state index contributed by atoms with van der Waals surface area (Å²) in [4.78, 5) is 24.4. The highest BCUT2D eigenvalue weighted by Gasteiger charge is 2.20. The van der Waals surface area contributed by atoms with E-state index in [1.807, 2.05) is 0 Å². The predicted octanol–water partition coefficient (Wildman–Crippen LogP) is 13.8. The SMILES string of the molecule is CCCCCCC/C=C\CCCCCCCC(=O)OCCCCCCCCCCCCCCCCC(=O)NC(CO)C(O)CCCCCCCCCCC. The van der Waals surface area contributed by atoms with Crippen molar-refractivity contribution in [3.63, 3.8) is 0 Å². The van der Waals surface area contributed by atoms with E-state index in [-0.39, 0.29) is 18.5 Å². The second-order valence-electron chi connectivity index (χ2n) is 16.4. The van der Waals surface area contributed by atoms with Gasteiger partial charge in [-0.25, -0.2) is 0 Å². The molecule has 320 valence electrons. The van der Waals surface area contributed by atoms with E-state index in [1.54, 1.807) is 0 Å². The number of hydrogen-bond donors (Lipinski definition) is 3. The Bertz CT molecular complexity index is 802. The second-order valence-corrected chi connectivity index (χ2v) is 16.4. The zero-order valence-electron chi connectivity index (χ0n) is 36.2. The number of unbranched alkanes of at least 4 members (excludes halogenated alkanes) is 31. The van der Waals surface area contributed by atoms with E-state index >= 15 is 0 Å². The summed E-state index contributed by atoms with van der Waals surface area (Å²) in [5.41, 5.74) is 0. The van der Waals surface area contributed by atoms with Crippen molar-refractivity contribution in [3.05, 3.63) is 12.2 Å². The van der Waals surface area contributed by atoms with Gasteiger partial charge < -0.3 is 20.3 Å². The minimum absolute atomic E-state index is 0.0112. The Balaban J connectivity index is 3.42. The first-order valence-corrected chi connectivity index (χ1v) is 23.9. The van der Waals surface area contributed by atoms with Crippen LogP contribution in [-0.4, -0.2) is 47.4 Å². The summed E-state index contributed by atoms with van der Waals surface area (Å²) in [6.07, 6.45) is 48.9. The van der Waals surface area contributed by atoms with Crippen LogP contribution in [0, 0.1) is 0 Å². The molecule has 0 rings (SSSR count). The molecule has 3 N–H and O–H groups in total. The number of amides is 1. The number of aliphatic hydroxyl groups is 2. The Morgan fingerprint density at radius 3 is 1.31 bits per heavy atom. The zero-order valence-corrected chi connectivity index (χ0v) is 36.2. The lowest BCUT2D eigenvalue weighted by molar-refractivity contribution is -0.143. The third kappa shape index (κ3) is 40.3. The van der Waals surface area contributed by atoms with Crippen LogP contribution >= 0.6 is 0 Å². The number of aliphatic hydroxyl groups excluding tert-OH is 2. The quantitative estimate of drug-likeness (QED) is 0.0326. The van der Waals surface area contributed by atoms with Crippen molar-refractivity contribution in [2.24, 2.45) is 0 Å². The second kappa shape index (κ2) is 44.3. The van der Waals surface area contributed by atoms with Crippen LogP contribution in [-0.2, 0) is 14.3 Å². The third-order valence-electron chi connectivity index (χ3n) is 11.1. The molecule has 1 amide bonds. The molecule has 0 aromatic heterocycles. The zero-order chi connectivity index (χ0) is 39.4. The Kier molecular flexibility index (Phi) is 43.2. The molecule has 0 bridgehead atoms. The van der Waals surface area contributed by atoms with E-state index in [0.29, 0.717) is 25.9 Å². The summed E-state index contributed by atoms with van der Waals surface area (Å²) >= 11 is 0. The molecule has 54 heavy (non-hydrogen) atoms. The smallest absolute Gasteiger partial charge is 0.305 e. The third-order valence-corrected chi connectivity index (χ3v) is 11.1. The molecule has 2 unspecified atom stereocenters. The summed E-state index contributed by atoms with van der Waals surface area (Å²) in [5, 5.41) is 23.0. The van der Waals surface area contributed by atoms with E-state index in [9.17, 15) is 19.8 Å². The molecule has 0 aromatic rings. The standard InChI is InChI=1S/C48H93NO5/c1-3-5-7-9-11-13-14-15-19-22-26-30-34-38-42-48(53)54-43-39-35-31-27-23-20-17-16-18-21-25-29-33-37-41-47(52)49-45(44-50)46(51)40-36-32-28-24-12-10-8-6-4-2/h14-15,45-46,50-51H,3-13,16-44H2,1-2H3,(H,49,52)/b15-14-. The first-order valence-electron chi connectivity index (χ1n) is 23.9. The van der Waals surface area contributed by atoms with Crippen molar-refractivity contribution < 1.29 is 24.5 Å². The maximum atomic E-state index is 12.4. The average Bonchev–Trinajstić information content (AvgIpc) is 3.17. The molecular weight excluding hydrogens is 671 g/mol. The van der Waals surface area contributed by atoms with Crippen molar-refractivity contribution in [2.45, 2.75) is 270 Å². The van der Waals surface area contributed by atoms with Gasteiger partial charge in [-0.3, -0.25) is 9.59 Å². The minimum Gasteiger partial charge on any atom is -0.466 e. The predicted molar refractivity (Wildman–Crippen MR) is 232 cm³/mol. The van der Waals surface area contributed by atoms with Gasteiger partial charge in [-0.2, -0.15) is 0 Å². The van der Waals surface area contributed by atoms with Crippen molar-refractivity contribution in [3.8, 4) is 0 Å². The van der Waals surface area contributed by atoms with E-state index in [1.165, 1.54) is 173 Å². The molecule has 0 saturated heterocycles. The maximum absolute atomic E-state index is 12.4. The largest absolute Gasteiger partial charge is 0.466 e. The van der Waals surface area contributed by atoms with E-state index in [2.05, 4.69) is 31.3 Å². The highest BCUT2D eigenvalue weighted by molar-refractivity contribution is 5.76. The van der Waals surface area contributed by atoms with Crippen LogP contribution in [0.4, 0.5) is 0 Å². The molecule has 0 fully saturated rings. The van der Waals surface area contributed by atoms with E-state index in [4.69, 9.17) is 4.74 Å². The van der Waals surface area contributed by atoms with Gasteiger partial charge in [-0.15, -0.1) is 0 Å². The number of nitrogens with one attached hydrogen (secondary N) is 1. The Labute approximate surface area is 336 Å². The van der Waals surface area contributed by atoms with E-state index in [0.717, 1.165) is 51.4 Å². The van der Waals surface area contributed by atoms with Crippen LogP contribution in [0.3, 0.4) is 0 Å². The molecule has 0 saturated carbocycles. The van der Waals surface area contributed by atoms with Crippen LogP contribution < -0.4 is 5.32 Å². The molecular formula is C48H93NO5. The van der Waals surface area contributed by atoms with Crippen LogP contribution in [0.15, 0.2) is 12.2 Å². The summed E-state index contributed by atoms with van der Waals surface area (Å²) in [6.45, 7) is 4.89. The number of rotatable bonds is 44. The van der Waals surface area contributed by atoms with Crippen molar-refractivity contribution in [1.82, 2.24) is 5.32 Å². The molecule has 2 atom stereocenters. The number of carbonyl (C=O) groups is 2. The van der Waals surface area contributed by atoms with Gasteiger partial charge in [0.2, 0.25) is 5.91 Å². The van der Waals surface area contributed by atoms with Crippen LogP contribution in [0.1, 0.15) is 258 Å². The Morgan fingerprint density at radius 1 is 0.500 bits per heavy atom. The Hall–Kier alpha value is -1.40. The molecule has 0 aromatic carbocycles. The molecule has 0 heterocycles. The lowest BCUT2D eigenvalue weighted by Crippen LogP contribution is -2.45. The van der Waals surface area contributed by atoms with Crippen molar-refractivity contribution in [2.75, 3.05) is 13.2 Å². The van der Waals surface area contributed by atoms with Crippen LogP contribution in [0.2, 0.25) is 0 Å². The molecule has 6 heteroatoms. The summed E-state index contributed by atoms with van der Waals surface area (Å²) in [5.74, 6) is -0.0595. The highest BCUT2D eigenvalue weighted by Crippen LogP contribution is 2.16. The molecule has 0 spiro atoms. The molecule has 0 aliphatic heterocycles. The van der Waals surface area contributed by atoms with Crippen LogP contribution in [0.5, 0.6) is 0 Å². The van der Waals surface area contributed by atoms with Crippen molar-refractivity contribution >= 4 is 11.9 Å². The van der Waals surface area contributed by atoms with Gasteiger partial charge in [0.25, 0.3) is 0 Å². The summed E-state index contributed by atoms with van der Waals surface area (Å²) < 4.78 is 5.45. The number of hydrogen-bond acceptors (Lipinski definition) is 5. The molecule has 0 aliphatic carbocycles. The van der Waals surface area contributed by atoms with Gasteiger partial charge in [0.15, 0.2) is 0 Å². The summed E-state index contributed by atoms with van der Waals surface area (Å²) in [7, 11) is 0. The van der Waals surface area contributed by atoms with Gasteiger partial charge in [0, 0.05) is 12.8 Å². The highest BCUT2D eigenvalue weighted by atomic mass is 16.5. The number of carbonyl (C=O) groups excluding carboxylic acids is 2. The van der Waals surface area contributed by atoms with Gasteiger partial charge in [0.1, 0.15) is 0 Å². The number of allylic oxidation sites excluding steroid dienone is 2. The minimum atomic E-state index is -0.668. The first-order chi connectivity index (χ1) is 26.5. The Morgan fingerprint density at radius 2 is 0.870 bits per heavy atom. The van der Waals surface area contributed by atoms with Gasteiger partial charge in [-0.1, -0.05) is 206 Å². The fourth-order valence-electron chi connectivity index (χ4n) is 7.34. The fraction of sp³-hybridized carbons (Fsp3) is 0.917. The van der Waals surface area contributed by atoms with Gasteiger partial charge in [-0.05, 0) is 51.4 Å². The van der Waals surface area contributed by atoms with Gasteiger partial charge in [0.05, 0.1) is 25.4 Å². The monoisotopic (exact) mass is 764 g/mol. The number of ether oxygens (including phenoxy) is 1. The number of esters is 1. The van der Waals surface area contributed by atoms with Gasteiger partial charge >= 0.3 is 5.97 Å². The molecule has 0 aliphatic rings. The van der Waals surface area contributed by atoms with Crippen molar-refractivity contribution in [1.29, 1.82) is 0 Å². The maximum Gasteiger partial charge on any atom is 0.305 e. The summed E-state index contributed by atoms with van der Waals surface area (Å²) in [6, 6.07) is -0.546. The van der Waals surface area contributed by atoms with E-state index < -0.39 is 12.1 Å². The first kappa shape index (κ1) is 52.6. The lowest BCUT2D eigenvalue weighted by atomic mass is 10.0. The molecule has 0 radical (unpaired) electrons. The normalized spacial score (nSPS) is 12.7. The lowest BCUT2D eigenvalue weighted by Gasteiger charge is -2.22. The fourth-order valence-corrected chi connectivity index (χ4v) is 7.34. The average molecular weight is 764 g/mol. The molecule has 6 nitrogen and oxygen atoms in total.